The second-order valence-electron chi connectivity index (χ2n) is 3.50. The van der Waals surface area contributed by atoms with Gasteiger partial charge in [0, 0.05) is 11.3 Å². The third-order valence-corrected chi connectivity index (χ3v) is 3.46. The van der Waals surface area contributed by atoms with E-state index in [1.165, 1.54) is 0 Å². The van der Waals surface area contributed by atoms with Gasteiger partial charge in [0.05, 0.1) is 12.3 Å². The minimum atomic E-state index is -3.22. The number of rotatable bonds is 4. The van der Waals surface area contributed by atoms with Crippen molar-refractivity contribution in [3.63, 3.8) is 0 Å². The molecule has 0 amide bonds. The van der Waals surface area contributed by atoms with Gasteiger partial charge < -0.3 is 5.73 Å². The van der Waals surface area contributed by atoms with Crippen LogP contribution in [0.1, 0.15) is 18.9 Å². The van der Waals surface area contributed by atoms with E-state index in [0.717, 1.165) is 5.56 Å². The van der Waals surface area contributed by atoms with Crippen molar-refractivity contribution in [2.24, 2.45) is 5.73 Å². The Morgan fingerprint density at radius 1 is 1.29 bits per heavy atom. The molecule has 0 spiro atoms. The summed E-state index contributed by atoms with van der Waals surface area (Å²) in [7, 11) is -3.22. The lowest BCUT2D eigenvalue weighted by molar-refractivity contribution is 0.600. The number of hydrogen-bond donors (Lipinski definition) is 2. The van der Waals surface area contributed by atoms with Crippen molar-refractivity contribution in [1.29, 1.82) is 0 Å². The molecule has 92 valence electrons. The molecule has 0 saturated heterocycles. The molecule has 1 aromatic rings. The van der Waals surface area contributed by atoms with Crippen molar-refractivity contribution in [1.82, 2.24) is 0 Å². The van der Waals surface area contributed by atoms with Gasteiger partial charge >= 0.3 is 0 Å². The summed E-state index contributed by atoms with van der Waals surface area (Å²) in [6.45, 7) is 2.13. The summed E-state index contributed by atoms with van der Waals surface area (Å²) in [5, 5.41) is 0. The van der Waals surface area contributed by atoms with Crippen LogP contribution in [0.5, 0.6) is 0 Å². The van der Waals surface area contributed by atoms with E-state index in [4.69, 9.17) is 5.73 Å². The first kappa shape index (κ1) is 13.6. The Bertz CT molecular complexity index is 510. The Morgan fingerprint density at radius 3 is 2.47 bits per heavy atom. The molecule has 0 radical (unpaired) electrons. The Morgan fingerprint density at radius 2 is 1.94 bits per heavy atom. The second kappa shape index (κ2) is 6.28. The minimum Gasteiger partial charge on any atom is -0.320 e. The van der Waals surface area contributed by atoms with Gasteiger partial charge in [-0.05, 0) is 30.7 Å². The van der Waals surface area contributed by atoms with Crippen molar-refractivity contribution in [3.8, 4) is 11.8 Å². The zero-order chi connectivity index (χ0) is 12.7. The number of sulfonamides is 1. The Kier molecular flexibility index (Phi) is 5.01. The summed E-state index contributed by atoms with van der Waals surface area (Å²) in [6, 6.07) is 6.89. The molecule has 0 saturated carbocycles. The van der Waals surface area contributed by atoms with Gasteiger partial charge in [-0.1, -0.05) is 18.8 Å². The van der Waals surface area contributed by atoms with Crippen LogP contribution in [0.2, 0.25) is 0 Å². The first-order valence-corrected chi connectivity index (χ1v) is 7.02. The molecule has 0 atom stereocenters. The summed E-state index contributed by atoms with van der Waals surface area (Å²) in [5.74, 6) is 5.73. The zero-order valence-corrected chi connectivity index (χ0v) is 10.5. The number of benzene rings is 1. The van der Waals surface area contributed by atoms with E-state index in [1.54, 1.807) is 24.3 Å². The van der Waals surface area contributed by atoms with Gasteiger partial charge in [0.25, 0.3) is 0 Å². The highest BCUT2D eigenvalue weighted by molar-refractivity contribution is 7.92. The predicted molar refractivity (Wildman–Crippen MR) is 70.1 cm³/mol. The van der Waals surface area contributed by atoms with Gasteiger partial charge in [-0.15, -0.1) is 0 Å². The van der Waals surface area contributed by atoms with Crippen LogP contribution in [-0.4, -0.2) is 20.7 Å². The molecule has 17 heavy (non-hydrogen) atoms. The first-order chi connectivity index (χ1) is 8.07. The standard InChI is InChI=1S/C12H16N2O2S/c1-2-10-17(15,16)14-12-7-5-11(6-8-12)4-3-9-13/h5-8,14H,2,9-10,13H2,1H3. The van der Waals surface area contributed by atoms with Crippen molar-refractivity contribution in [2.45, 2.75) is 13.3 Å². The average molecular weight is 252 g/mol. The smallest absolute Gasteiger partial charge is 0.232 e. The topological polar surface area (TPSA) is 72.2 Å². The van der Waals surface area contributed by atoms with Crippen LogP contribution < -0.4 is 10.5 Å². The molecule has 0 fully saturated rings. The summed E-state index contributed by atoms with van der Waals surface area (Å²) >= 11 is 0. The van der Waals surface area contributed by atoms with Gasteiger partial charge in [-0.3, -0.25) is 4.72 Å². The molecule has 4 nitrogen and oxygen atoms in total. The molecule has 0 unspecified atom stereocenters. The van der Waals surface area contributed by atoms with Crippen molar-refractivity contribution < 1.29 is 8.42 Å². The fraction of sp³-hybridized carbons (Fsp3) is 0.333. The Balaban J connectivity index is 2.75. The van der Waals surface area contributed by atoms with Gasteiger partial charge in [0.2, 0.25) is 10.0 Å². The monoisotopic (exact) mass is 252 g/mol. The van der Waals surface area contributed by atoms with Crippen LogP contribution in [0.25, 0.3) is 0 Å². The highest BCUT2D eigenvalue weighted by Gasteiger charge is 2.07. The fourth-order valence-corrected chi connectivity index (χ4v) is 2.41. The van der Waals surface area contributed by atoms with Crippen LogP contribution >= 0.6 is 0 Å². The zero-order valence-electron chi connectivity index (χ0n) is 9.73. The maximum Gasteiger partial charge on any atom is 0.232 e. The molecule has 0 aliphatic rings. The quantitative estimate of drug-likeness (QED) is 0.790. The highest BCUT2D eigenvalue weighted by atomic mass is 32.2. The fourth-order valence-electron chi connectivity index (χ4n) is 1.27. The van der Waals surface area contributed by atoms with Crippen molar-refractivity contribution in [2.75, 3.05) is 17.0 Å². The van der Waals surface area contributed by atoms with Crippen LogP contribution in [0.4, 0.5) is 5.69 Å². The van der Waals surface area contributed by atoms with Gasteiger partial charge in [-0.25, -0.2) is 8.42 Å². The molecular formula is C12H16N2O2S. The van der Waals surface area contributed by atoms with E-state index in [1.807, 2.05) is 6.92 Å². The molecule has 0 aliphatic heterocycles. The van der Waals surface area contributed by atoms with Crippen LogP contribution in [-0.2, 0) is 10.0 Å². The minimum absolute atomic E-state index is 0.127. The SMILES string of the molecule is CCCS(=O)(=O)Nc1ccc(C#CCN)cc1. The Hall–Kier alpha value is -1.51. The van der Waals surface area contributed by atoms with E-state index < -0.39 is 10.0 Å². The van der Waals surface area contributed by atoms with Crippen LogP contribution in [0, 0.1) is 11.8 Å². The lowest BCUT2D eigenvalue weighted by Crippen LogP contribution is -2.15. The summed E-state index contributed by atoms with van der Waals surface area (Å²) in [4.78, 5) is 0. The third-order valence-electron chi connectivity index (χ3n) is 1.97. The molecule has 1 aromatic carbocycles. The maximum absolute atomic E-state index is 11.5. The predicted octanol–water partition coefficient (Wildman–Crippen LogP) is 1.15. The van der Waals surface area contributed by atoms with Crippen LogP contribution in [0.3, 0.4) is 0 Å². The third kappa shape index (κ3) is 4.89. The number of hydrogen-bond acceptors (Lipinski definition) is 3. The molecule has 0 heterocycles. The van der Waals surface area contributed by atoms with E-state index >= 15 is 0 Å². The first-order valence-electron chi connectivity index (χ1n) is 5.37. The summed E-state index contributed by atoms with van der Waals surface area (Å²) < 4.78 is 25.5. The van der Waals surface area contributed by atoms with Gasteiger partial charge in [0.1, 0.15) is 0 Å². The molecule has 0 aromatic heterocycles. The van der Waals surface area contributed by atoms with E-state index in [2.05, 4.69) is 16.6 Å². The normalized spacial score (nSPS) is 10.5. The van der Waals surface area contributed by atoms with Gasteiger partial charge in [-0.2, -0.15) is 0 Å². The lowest BCUT2D eigenvalue weighted by Gasteiger charge is -2.06. The number of nitrogens with one attached hydrogen (secondary N) is 1. The molecule has 0 bridgehead atoms. The number of anilines is 1. The molecule has 5 heteroatoms. The van der Waals surface area contributed by atoms with Gasteiger partial charge in [0.15, 0.2) is 0 Å². The summed E-state index contributed by atoms with van der Waals surface area (Å²) in [6.07, 6.45) is 0.593. The molecular weight excluding hydrogens is 236 g/mol. The number of nitrogens with two attached hydrogens (primary N) is 1. The van der Waals surface area contributed by atoms with Crippen molar-refractivity contribution >= 4 is 15.7 Å². The van der Waals surface area contributed by atoms with Crippen LogP contribution in [0.15, 0.2) is 24.3 Å². The van der Waals surface area contributed by atoms with E-state index in [0.29, 0.717) is 18.7 Å². The Labute approximate surface area is 102 Å². The average Bonchev–Trinajstić information content (AvgIpc) is 2.27. The highest BCUT2D eigenvalue weighted by Crippen LogP contribution is 2.11. The maximum atomic E-state index is 11.5. The molecule has 3 N–H and O–H groups in total. The lowest BCUT2D eigenvalue weighted by atomic mass is 10.2. The second-order valence-corrected chi connectivity index (χ2v) is 5.35. The van der Waals surface area contributed by atoms with Crippen molar-refractivity contribution in [3.05, 3.63) is 29.8 Å². The summed E-state index contributed by atoms with van der Waals surface area (Å²) in [5.41, 5.74) is 6.62. The molecule has 0 aliphatic carbocycles. The molecule has 1 rings (SSSR count). The van der Waals surface area contributed by atoms with E-state index in [9.17, 15) is 8.42 Å². The van der Waals surface area contributed by atoms with E-state index in [-0.39, 0.29) is 5.75 Å². The largest absolute Gasteiger partial charge is 0.320 e.